The van der Waals surface area contributed by atoms with Crippen molar-refractivity contribution in [3.05, 3.63) is 23.8 Å². The van der Waals surface area contributed by atoms with Crippen LogP contribution in [0.5, 0.6) is 5.75 Å². The van der Waals surface area contributed by atoms with Gasteiger partial charge in [0.2, 0.25) is 0 Å². The molecule has 0 aliphatic carbocycles. The van der Waals surface area contributed by atoms with Crippen LogP contribution in [-0.2, 0) is 11.2 Å². The second kappa shape index (κ2) is 4.53. The molecular weight excluding hydrogens is 190 g/mol. The summed E-state index contributed by atoms with van der Waals surface area (Å²) in [5.41, 5.74) is 2.55. The van der Waals surface area contributed by atoms with Gasteiger partial charge in [-0.1, -0.05) is 0 Å². The summed E-state index contributed by atoms with van der Waals surface area (Å²) in [4.78, 5) is 0. The first kappa shape index (κ1) is 10.3. The first-order chi connectivity index (χ1) is 7.33. The maximum absolute atomic E-state index is 5.20. The second-order valence-electron chi connectivity index (χ2n) is 3.86. The summed E-state index contributed by atoms with van der Waals surface area (Å²) in [6.45, 7) is 0.769. The zero-order valence-corrected chi connectivity index (χ0v) is 9.25. The molecule has 0 saturated carbocycles. The molecule has 82 valence electrons. The average molecular weight is 207 g/mol. The van der Waals surface area contributed by atoms with Gasteiger partial charge in [0, 0.05) is 18.8 Å². The molecular formula is C12H17NO2. The van der Waals surface area contributed by atoms with Crippen molar-refractivity contribution in [2.24, 2.45) is 0 Å². The molecule has 1 aromatic rings. The van der Waals surface area contributed by atoms with E-state index in [0.717, 1.165) is 25.2 Å². The van der Waals surface area contributed by atoms with E-state index in [1.165, 1.54) is 11.3 Å². The van der Waals surface area contributed by atoms with Gasteiger partial charge in [-0.05, 0) is 36.6 Å². The number of rotatable bonds is 3. The number of nitrogens with one attached hydrogen (secondary N) is 1. The van der Waals surface area contributed by atoms with E-state index >= 15 is 0 Å². The van der Waals surface area contributed by atoms with Crippen molar-refractivity contribution in [3.8, 4) is 5.75 Å². The van der Waals surface area contributed by atoms with Crippen molar-refractivity contribution in [3.63, 3.8) is 0 Å². The Kier molecular flexibility index (Phi) is 3.11. The Morgan fingerprint density at radius 2 is 2.27 bits per heavy atom. The summed E-state index contributed by atoms with van der Waals surface area (Å²) in [6.07, 6.45) is 2.21. The van der Waals surface area contributed by atoms with E-state index in [1.807, 2.05) is 6.07 Å². The van der Waals surface area contributed by atoms with E-state index < -0.39 is 0 Å². The summed E-state index contributed by atoms with van der Waals surface area (Å²) in [5, 5.41) is 3.47. The fourth-order valence-corrected chi connectivity index (χ4v) is 1.99. The van der Waals surface area contributed by atoms with Gasteiger partial charge in [0.05, 0.1) is 13.7 Å². The largest absolute Gasteiger partial charge is 0.497 e. The molecule has 15 heavy (non-hydrogen) atoms. The van der Waals surface area contributed by atoms with Crippen LogP contribution in [0.3, 0.4) is 0 Å². The fraction of sp³-hybridized carbons (Fsp3) is 0.500. The van der Waals surface area contributed by atoms with Crippen molar-refractivity contribution < 1.29 is 9.47 Å². The Hall–Kier alpha value is -1.22. The smallest absolute Gasteiger partial charge is 0.119 e. The Morgan fingerprint density at radius 3 is 3.00 bits per heavy atom. The molecule has 1 atom stereocenters. The molecule has 0 radical (unpaired) electrons. The highest BCUT2D eigenvalue weighted by Gasteiger charge is 2.17. The van der Waals surface area contributed by atoms with Crippen LogP contribution < -0.4 is 10.1 Å². The zero-order valence-electron chi connectivity index (χ0n) is 9.25. The highest BCUT2D eigenvalue weighted by Crippen LogP contribution is 2.28. The van der Waals surface area contributed by atoms with Gasteiger partial charge in [-0.25, -0.2) is 0 Å². The minimum Gasteiger partial charge on any atom is -0.497 e. The summed E-state index contributed by atoms with van der Waals surface area (Å²) >= 11 is 0. The number of fused-ring (bicyclic) bond motifs is 1. The topological polar surface area (TPSA) is 30.5 Å². The molecule has 0 aromatic heterocycles. The Morgan fingerprint density at radius 1 is 1.40 bits per heavy atom. The first-order valence-corrected chi connectivity index (χ1v) is 5.26. The van der Waals surface area contributed by atoms with Crippen molar-refractivity contribution in [1.29, 1.82) is 0 Å². The van der Waals surface area contributed by atoms with Crippen molar-refractivity contribution in [2.45, 2.75) is 18.9 Å². The van der Waals surface area contributed by atoms with Gasteiger partial charge >= 0.3 is 0 Å². The van der Waals surface area contributed by atoms with E-state index in [0.29, 0.717) is 6.04 Å². The van der Waals surface area contributed by atoms with Crippen LogP contribution in [0, 0.1) is 0 Å². The fourth-order valence-electron chi connectivity index (χ4n) is 1.99. The summed E-state index contributed by atoms with van der Waals surface area (Å²) in [7, 11) is 3.44. The highest BCUT2D eigenvalue weighted by atomic mass is 16.5. The van der Waals surface area contributed by atoms with Gasteiger partial charge < -0.3 is 14.8 Å². The van der Waals surface area contributed by atoms with Crippen molar-refractivity contribution in [1.82, 2.24) is 0 Å². The number of aryl methyl sites for hydroxylation is 1. The van der Waals surface area contributed by atoms with Crippen LogP contribution in [0.1, 0.15) is 12.0 Å². The molecule has 0 saturated heterocycles. The van der Waals surface area contributed by atoms with Crippen LogP contribution >= 0.6 is 0 Å². The van der Waals surface area contributed by atoms with E-state index in [2.05, 4.69) is 17.4 Å². The molecule has 3 heteroatoms. The molecule has 1 unspecified atom stereocenters. The molecule has 0 amide bonds. The lowest BCUT2D eigenvalue weighted by atomic mass is 9.98. The molecule has 1 heterocycles. The molecule has 1 aliphatic rings. The van der Waals surface area contributed by atoms with Crippen molar-refractivity contribution in [2.75, 3.05) is 26.1 Å². The minimum atomic E-state index is 0.441. The second-order valence-corrected chi connectivity index (χ2v) is 3.86. The molecule has 2 rings (SSSR count). The number of hydrogen-bond acceptors (Lipinski definition) is 3. The van der Waals surface area contributed by atoms with Crippen molar-refractivity contribution >= 4 is 5.69 Å². The third kappa shape index (κ3) is 2.23. The van der Waals surface area contributed by atoms with E-state index in [-0.39, 0.29) is 0 Å². The number of hydrogen-bond donors (Lipinski definition) is 1. The molecule has 1 aliphatic heterocycles. The molecule has 1 aromatic carbocycles. The maximum Gasteiger partial charge on any atom is 0.119 e. The number of ether oxygens (including phenoxy) is 2. The minimum absolute atomic E-state index is 0.441. The lowest BCUT2D eigenvalue weighted by Crippen LogP contribution is -2.29. The standard InChI is InChI=1S/C12H17NO2/c1-14-8-10-4-3-9-7-11(15-2)5-6-12(9)13-10/h5-7,10,13H,3-4,8H2,1-2H3. The maximum atomic E-state index is 5.20. The molecule has 0 bridgehead atoms. The Balaban J connectivity index is 2.13. The summed E-state index contributed by atoms with van der Waals surface area (Å²) in [6, 6.07) is 6.61. The normalized spacial score (nSPS) is 19.2. The average Bonchev–Trinajstić information content (AvgIpc) is 2.29. The predicted molar refractivity (Wildman–Crippen MR) is 60.6 cm³/mol. The summed E-state index contributed by atoms with van der Waals surface area (Å²) in [5.74, 6) is 0.931. The van der Waals surface area contributed by atoms with Crippen LogP contribution in [0.4, 0.5) is 5.69 Å². The van der Waals surface area contributed by atoms with Gasteiger partial charge in [0.1, 0.15) is 5.75 Å². The number of methoxy groups -OCH3 is 2. The van der Waals surface area contributed by atoms with Crippen LogP contribution in [0.15, 0.2) is 18.2 Å². The number of anilines is 1. The van der Waals surface area contributed by atoms with E-state index in [1.54, 1.807) is 14.2 Å². The predicted octanol–water partition coefficient (Wildman–Crippen LogP) is 2.07. The lowest BCUT2D eigenvalue weighted by Gasteiger charge is -2.26. The highest BCUT2D eigenvalue weighted by molar-refractivity contribution is 5.56. The quantitative estimate of drug-likeness (QED) is 0.823. The first-order valence-electron chi connectivity index (χ1n) is 5.26. The molecule has 1 N–H and O–H groups in total. The zero-order chi connectivity index (χ0) is 10.7. The number of benzene rings is 1. The molecule has 0 spiro atoms. The Labute approximate surface area is 90.4 Å². The van der Waals surface area contributed by atoms with Gasteiger partial charge in [0.15, 0.2) is 0 Å². The monoisotopic (exact) mass is 207 g/mol. The third-order valence-corrected chi connectivity index (χ3v) is 2.80. The van der Waals surface area contributed by atoms with Gasteiger partial charge in [-0.15, -0.1) is 0 Å². The Bertz CT molecular complexity index is 338. The lowest BCUT2D eigenvalue weighted by molar-refractivity contribution is 0.182. The molecule has 3 nitrogen and oxygen atoms in total. The SMILES string of the molecule is COCC1CCc2cc(OC)ccc2N1. The third-order valence-electron chi connectivity index (χ3n) is 2.80. The van der Waals surface area contributed by atoms with Gasteiger partial charge in [0.25, 0.3) is 0 Å². The van der Waals surface area contributed by atoms with Gasteiger partial charge in [-0.2, -0.15) is 0 Å². The van der Waals surface area contributed by atoms with Gasteiger partial charge in [-0.3, -0.25) is 0 Å². The van der Waals surface area contributed by atoms with E-state index in [4.69, 9.17) is 9.47 Å². The van der Waals surface area contributed by atoms with Crippen LogP contribution in [0.25, 0.3) is 0 Å². The van der Waals surface area contributed by atoms with Crippen LogP contribution in [0.2, 0.25) is 0 Å². The van der Waals surface area contributed by atoms with E-state index in [9.17, 15) is 0 Å². The molecule has 0 fully saturated rings. The van der Waals surface area contributed by atoms with Crippen LogP contribution in [-0.4, -0.2) is 26.9 Å². The summed E-state index contributed by atoms with van der Waals surface area (Å²) < 4.78 is 10.4.